The van der Waals surface area contributed by atoms with Gasteiger partial charge in [-0.2, -0.15) is 0 Å². The van der Waals surface area contributed by atoms with Crippen LogP contribution in [0.15, 0.2) is 36.4 Å². The van der Waals surface area contributed by atoms with Crippen LogP contribution in [0.3, 0.4) is 0 Å². The third-order valence-corrected chi connectivity index (χ3v) is 3.29. The van der Waals surface area contributed by atoms with E-state index in [4.69, 9.17) is 11.6 Å². The van der Waals surface area contributed by atoms with Crippen LogP contribution in [0.25, 0.3) is 22.3 Å². The number of hydrogen-bond donors (Lipinski definition) is 0. The number of nitrogens with zero attached hydrogens (tertiary/aromatic N) is 2. The summed E-state index contributed by atoms with van der Waals surface area (Å²) in [7, 11) is 0. The number of aryl methyl sites for hydroxylation is 1. The van der Waals surface area contributed by atoms with Gasteiger partial charge in [-0.1, -0.05) is 29.3 Å². The molecular weight excluding hydrogens is 282 g/mol. The van der Waals surface area contributed by atoms with Gasteiger partial charge in [0.05, 0.1) is 11.1 Å². The van der Waals surface area contributed by atoms with Gasteiger partial charge in [-0.3, -0.25) is 0 Å². The number of benzene rings is 2. The topological polar surface area (TPSA) is 25.8 Å². The minimum atomic E-state index is -0.977. The van der Waals surface area contributed by atoms with Gasteiger partial charge in [0.2, 0.25) is 0 Å². The lowest BCUT2D eigenvalue weighted by Crippen LogP contribution is -1.96. The quantitative estimate of drug-likeness (QED) is 0.615. The van der Waals surface area contributed by atoms with Crippen LogP contribution in [-0.4, -0.2) is 9.97 Å². The van der Waals surface area contributed by atoms with Crippen molar-refractivity contribution in [1.82, 2.24) is 9.97 Å². The molecule has 1 heterocycles. The van der Waals surface area contributed by atoms with E-state index in [-0.39, 0.29) is 16.5 Å². The van der Waals surface area contributed by atoms with Gasteiger partial charge in [0, 0.05) is 5.39 Å². The molecule has 1 aromatic heterocycles. The van der Waals surface area contributed by atoms with Gasteiger partial charge in [0.15, 0.2) is 17.5 Å². The molecule has 0 spiro atoms. The number of halogens is 3. The third kappa shape index (κ3) is 2.12. The van der Waals surface area contributed by atoms with Crippen molar-refractivity contribution in [1.29, 1.82) is 0 Å². The summed E-state index contributed by atoms with van der Waals surface area (Å²) in [4.78, 5) is 8.31. The van der Waals surface area contributed by atoms with Gasteiger partial charge >= 0.3 is 0 Å². The van der Waals surface area contributed by atoms with Crippen LogP contribution in [0.4, 0.5) is 8.78 Å². The summed E-state index contributed by atoms with van der Waals surface area (Å²) in [5.41, 5.74) is 1.61. The van der Waals surface area contributed by atoms with E-state index in [2.05, 4.69) is 9.97 Å². The Morgan fingerprint density at radius 3 is 2.65 bits per heavy atom. The van der Waals surface area contributed by atoms with Crippen molar-refractivity contribution >= 4 is 22.5 Å². The SMILES string of the molecule is Cc1ccc2nc(-c3cccc(F)c3F)nc(Cl)c2c1. The van der Waals surface area contributed by atoms with Crippen LogP contribution >= 0.6 is 11.6 Å². The monoisotopic (exact) mass is 290 g/mol. The molecule has 0 bridgehead atoms. The lowest BCUT2D eigenvalue weighted by Gasteiger charge is -2.06. The Kier molecular flexibility index (Phi) is 3.10. The van der Waals surface area contributed by atoms with Crippen LogP contribution in [0.5, 0.6) is 0 Å². The lowest BCUT2D eigenvalue weighted by atomic mass is 10.1. The van der Waals surface area contributed by atoms with Crippen molar-refractivity contribution in [2.45, 2.75) is 6.92 Å². The molecule has 0 N–H and O–H groups in total. The number of hydrogen-bond acceptors (Lipinski definition) is 2. The second-order valence-electron chi connectivity index (χ2n) is 4.46. The van der Waals surface area contributed by atoms with E-state index in [0.29, 0.717) is 10.9 Å². The zero-order valence-corrected chi connectivity index (χ0v) is 11.2. The second-order valence-corrected chi connectivity index (χ2v) is 4.82. The first-order valence-corrected chi connectivity index (χ1v) is 6.32. The van der Waals surface area contributed by atoms with Crippen LogP contribution in [-0.2, 0) is 0 Å². The first kappa shape index (κ1) is 12.9. The predicted octanol–water partition coefficient (Wildman–Crippen LogP) is 4.54. The molecule has 3 aromatic rings. The summed E-state index contributed by atoms with van der Waals surface area (Å²) >= 11 is 6.11. The van der Waals surface area contributed by atoms with Crippen LogP contribution in [0.1, 0.15) is 5.56 Å². The molecule has 0 unspecified atom stereocenters. The lowest BCUT2D eigenvalue weighted by molar-refractivity contribution is 0.510. The minimum Gasteiger partial charge on any atom is -0.228 e. The molecule has 0 aliphatic heterocycles. The summed E-state index contributed by atoms with van der Waals surface area (Å²) < 4.78 is 27.1. The highest BCUT2D eigenvalue weighted by atomic mass is 35.5. The van der Waals surface area contributed by atoms with Crippen molar-refractivity contribution < 1.29 is 8.78 Å². The molecule has 2 aromatic carbocycles. The molecule has 0 aliphatic carbocycles. The normalized spacial score (nSPS) is 11.0. The summed E-state index contributed by atoms with van der Waals surface area (Å²) in [5, 5.41) is 0.907. The number of fused-ring (bicyclic) bond motifs is 1. The van der Waals surface area contributed by atoms with Gasteiger partial charge in [0.25, 0.3) is 0 Å². The average Bonchev–Trinajstić information content (AvgIpc) is 2.42. The van der Waals surface area contributed by atoms with E-state index in [1.54, 1.807) is 6.07 Å². The van der Waals surface area contributed by atoms with Gasteiger partial charge in [-0.05, 0) is 31.2 Å². The van der Waals surface area contributed by atoms with Gasteiger partial charge in [-0.15, -0.1) is 0 Å². The standard InChI is InChI=1S/C15H9ClF2N2/c1-8-5-6-12-10(7-8)14(16)20-15(19-12)9-3-2-4-11(17)13(9)18/h2-7H,1H3. The van der Waals surface area contributed by atoms with E-state index in [9.17, 15) is 8.78 Å². The highest BCUT2D eigenvalue weighted by molar-refractivity contribution is 6.34. The van der Waals surface area contributed by atoms with Gasteiger partial charge < -0.3 is 0 Å². The van der Waals surface area contributed by atoms with Crippen LogP contribution in [0, 0.1) is 18.6 Å². The van der Waals surface area contributed by atoms with E-state index in [0.717, 1.165) is 11.6 Å². The van der Waals surface area contributed by atoms with Crippen LogP contribution < -0.4 is 0 Å². The Bertz CT molecular complexity index is 818. The summed E-state index contributed by atoms with van der Waals surface area (Å²) in [6.45, 7) is 1.93. The third-order valence-electron chi connectivity index (χ3n) is 3.00. The maximum atomic E-state index is 13.8. The zero-order chi connectivity index (χ0) is 14.3. The molecule has 20 heavy (non-hydrogen) atoms. The highest BCUT2D eigenvalue weighted by Crippen LogP contribution is 2.27. The van der Waals surface area contributed by atoms with Crippen molar-refractivity contribution in [2.75, 3.05) is 0 Å². The molecule has 5 heteroatoms. The first-order valence-electron chi connectivity index (χ1n) is 5.94. The molecular formula is C15H9ClF2N2. The molecule has 3 rings (SSSR count). The summed E-state index contributed by atoms with van der Waals surface area (Å²) in [5.74, 6) is -1.84. The van der Waals surface area contributed by atoms with E-state index < -0.39 is 11.6 Å². The largest absolute Gasteiger partial charge is 0.228 e. The zero-order valence-electron chi connectivity index (χ0n) is 10.5. The smallest absolute Gasteiger partial charge is 0.169 e. The van der Waals surface area contributed by atoms with Crippen molar-refractivity contribution in [3.63, 3.8) is 0 Å². The minimum absolute atomic E-state index is 0.00521. The Morgan fingerprint density at radius 1 is 1.05 bits per heavy atom. The van der Waals surface area contributed by atoms with Crippen molar-refractivity contribution in [2.24, 2.45) is 0 Å². The Hall–Kier alpha value is -2.07. The van der Waals surface area contributed by atoms with Crippen molar-refractivity contribution in [3.8, 4) is 11.4 Å². The molecule has 0 amide bonds. The molecule has 0 aliphatic rings. The molecule has 100 valence electrons. The Balaban J connectivity index is 2.28. The number of aromatic nitrogens is 2. The number of rotatable bonds is 1. The maximum absolute atomic E-state index is 13.8. The Labute approximate surface area is 119 Å². The average molecular weight is 291 g/mol. The van der Waals surface area contributed by atoms with Gasteiger partial charge in [0.1, 0.15) is 5.15 Å². The summed E-state index contributed by atoms with van der Waals surface area (Å²) in [6.07, 6.45) is 0. The van der Waals surface area contributed by atoms with E-state index in [1.807, 2.05) is 19.1 Å². The predicted molar refractivity (Wildman–Crippen MR) is 74.6 cm³/mol. The summed E-state index contributed by atoms with van der Waals surface area (Å²) in [6, 6.07) is 9.37. The molecule has 2 nitrogen and oxygen atoms in total. The fraction of sp³-hybridized carbons (Fsp3) is 0.0667. The molecule has 0 saturated carbocycles. The highest BCUT2D eigenvalue weighted by Gasteiger charge is 2.14. The first-order chi connectivity index (χ1) is 9.56. The van der Waals surface area contributed by atoms with Gasteiger partial charge in [-0.25, -0.2) is 18.7 Å². The van der Waals surface area contributed by atoms with E-state index >= 15 is 0 Å². The molecule has 0 saturated heterocycles. The molecule has 0 fully saturated rings. The van der Waals surface area contributed by atoms with Crippen LogP contribution in [0.2, 0.25) is 5.15 Å². The fourth-order valence-electron chi connectivity index (χ4n) is 2.00. The van der Waals surface area contributed by atoms with Crippen molar-refractivity contribution in [3.05, 3.63) is 58.7 Å². The maximum Gasteiger partial charge on any atom is 0.169 e. The molecule has 0 atom stereocenters. The Morgan fingerprint density at radius 2 is 1.85 bits per heavy atom. The fourth-order valence-corrected chi connectivity index (χ4v) is 2.23. The second kappa shape index (κ2) is 4.80. The van der Waals surface area contributed by atoms with E-state index in [1.165, 1.54) is 12.1 Å². The molecule has 0 radical (unpaired) electrons.